The van der Waals surface area contributed by atoms with Crippen molar-refractivity contribution in [3.05, 3.63) is 144 Å². The summed E-state index contributed by atoms with van der Waals surface area (Å²) in [4.78, 5) is 54.6. The van der Waals surface area contributed by atoms with Gasteiger partial charge in [0.05, 0.1) is 0 Å². The van der Waals surface area contributed by atoms with Crippen molar-refractivity contribution < 1.29 is 29.0 Å². The molecule has 1 atom stereocenters. The van der Waals surface area contributed by atoms with Crippen LogP contribution in [0.5, 0.6) is 0 Å². The summed E-state index contributed by atoms with van der Waals surface area (Å²) < 4.78 is 5.33. The van der Waals surface area contributed by atoms with Crippen LogP contribution in [0.3, 0.4) is 0 Å². The number of alkyl carbamates (subject to hydrolysis) is 1. The fourth-order valence-electron chi connectivity index (χ4n) is 7.59. The summed E-state index contributed by atoms with van der Waals surface area (Å²) in [5.74, 6) is -0.915. The Bertz CT molecular complexity index is 1770. The van der Waals surface area contributed by atoms with E-state index in [0.717, 1.165) is 49.7 Å². The molecule has 0 aliphatic carbocycles. The molecule has 3 amide bonds. The largest absolute Gasteiger partial charge is 0.481 e. The Hall–Kier alpha value is -5.48. The number of carboxylic acids is 1. The SMILES string of the molecule is CC(=O)O.CC(CN1C(=O)[C@H](CCCCNC(=O)OCc2ccccc2)NC(=O)C12CCN(CCc1ccccc1)CC2)(c1ccccc1)c1ccccc1. The van der Waals surface area contributed by atoms with Crippen molar-refractivity contribution in [3.63, 3.8) is 0 Å². The third-order valence-corrected chi connectivity index (χ3v) is 10.7. The van der Waals surface area contributed by atoms with E-state index in [1.807, 2.05) is 77.7 Å². The third-order valence-electron chi connectivity index (χ3n) is 10.7. The van der Waals surface area contributed by atoms with Crippen LogP contribution in [0.2, 0.25) is 0 Å². The minimum absolute atomic E-state index is 0.0272. The molecule has 0 saturated carbocycles. The van der Waals surface area contributed by atoms with Crippen LogP contribution in [0.15, 0.2) is 121 Å². The van der Waals surface area contributed by atoms with Crippen molar-refractivity contribution >= 4 is 23.9 Å². The van der Waals surface area contributed by atoms with Gasteiger partial charge in [-0.3, -0.25) is 14.4 Å². The number of piperidine rings is 1. The van der Waals surface area contributed by atoms with E-state index in [1.165, 1.54) is 5.56 Å². The van der Waals surface area contributed by atoms with Gasteiger partial charge in [0.1, 0.15) is 18.2 Å². The Morgan fingerprint density at radius 3 is 1.87 bits per heavy atom. The second-order valence-electron chi connectivity index (χ2n) is 14.6. The number of piperazine rings is 1. The standard InChI is InChI=1S/C43H50N4O4.C2H4O2/c1-42(36-20-10-4-11-21-36,37-22-12-5-13-23-37)33-47-39(48)38(24-14-15-28-44-41(50)51-32-35-18-8-3-9-19-35)45-40(49)43(47)26-30-46(31-27-43)29-25-34-16-6-2-7-17-34;1-2(3)4/h2-13,16-23,38H,14-15,24-33H2,1H3,(H,44,50)(H,45,49);1H3,(H,3,4)/t38-;/m0./s1. The Kier molecular flexibility index (Phi) is 14.6. The highest BCUT2D eigenvalue weighted by Crippen LogP contribution is 2.40. The first-order valence-electron chi connectivity index (χ1n) is 19.2. The Balaban J connectivity index is 0.00000138. The number of benzene rings is 4. The normalized spacial score (nSPS) is 16.8. The number of amides is 3. The number of hydrogen-bond acceptors (Lipinski definition) is 6. The minimum Gasteiger partial charge on any atom is -0.481 e. The molecule has 290 valence electrons. The molecule has 0 aromatic heterocycles. The van der Waals surface area contributed by atoms with Gasteiger partial charge in [0, 0.05) is 45.1 Å². The van der Waals surface area contributed by atoms with E-state index in [2.05, 4.69) is 71.0 Å². The second-order valence-corrected chi connectivity index (χ2v) is 14.6. The van der Waals surface area contributed by atoms with Crippen LogP contribution in [0.4, 0.5) is 4.79 Å². The minimum atomic E-state index is -0.925. The van der Waals surface area contributed by atoms with Crippen molar-refractivity contribution in [2.24, 2.45) is 0 Å². The molecule has 4 aromatic rings. The predicted octanol–water partition coefficient (Wildman–Crippen LogP) is 6.58. The molecule has 2 fully saturated rings. The predicted molar refractivity (Wildman–Crippen MR) is 213 cm³/mol. The van der Waals surface area contributed by atoms with Crippen molar-refractivity contribution in [3.8, 4) is 0 Å². The average molecular weight is 747 g/mol. The quantitative estimate of drug-likeness (QED) is 0.124. The van der Waals surface area contributed by atoms with E-state index in [4.69, 9.17) is 14.6 Å². The second kappa shape index (κ2) is 19.7. The number of hydrogen-bond donors (Lipinski definition) is 3. The van der Waals surface area contributed by atoms with Gasteiger partial charge in [-0.15, -0.1) is 0 Å². The summed E-state index contributed by atoms with van der Waals surface area (Å²) in [7, 11) is 0. The van der Waals surface area contributed by atoms with E-state index in [0.29, 0.717) is 45.2 Å². The van der Waals surface area contributed by atoms with Crippen LogP contribution in [-0.2, 0) is 37.6 Å². The van der Waals surface area contributed by atoms with Crippen molar-refractivity contribution in [1.29, 1.82) is 0 Å². The van der Waals surface area contributed by atoms with Crippen molar-refractivity contribution in [2.75, 3.05) is 32.7 Å². The molecule has 3 N–H and O–H groups in total. The number of likely N-dealkylation sites (tertiary alicyclic amines) is 1. The van der Waals surface area contributed by atoms with Crippen LogP contribution in [0.25, 0.3) is 0 Å². The Morgan fingerprint density at radius 2 is 1.33 bits per heavy atom. The molecule has 2 aliphatic heterocycles. The molecule has 0 bridgehead atoms. The first kappa shape index (κ1) is 40.7. The molecule has 55 heavy (non-hydrogen) atoms. The van der Waals surface area contributed by atoms with Gasteiger partial charge in [-0.05, 0) is 67.7 Å². The van der Waals surface area contributed by atoms with Crippen LogP contribution in [0.1, 0.15) is 68.2 Å². The summed E-state index contributed by atoms with van der Waals surface area (Å²) in [5.41, 5.74) is 2.97. The monoisotopic (exact) mass is 746 g/mol. The number of aliphatic carboxylic acids is 1. The van der Waals surface area contributed by atoms with E-state index < -0.39 is 29.1 Å². The number of rotatable bonds is 14. The first-order valence-corrected chi connectivity index (χ1v) is 19.2. The molecule has 0 unspecified atom stereocenters. The van der Waals surface area contributed by atoms with E-state index in [-0.39, 0.29) is 18.4 Å². The van der Waals surface area contributed by atoms with Gasteiger partial charge in [0.2, 0.25) is 11.8 Å². The highest BCUT2D eigenvalue weighted by Gasteiger charge is 2.55. The zero-order valence-corrected chi connectivity index (χ0v) is 32.0. The fourth-order valence-corrected chi connectivity index (χ4v) is 7.59. The lowest BCUT2D eigenvalue weighted by Crippen LogP contribution is -2.74. The summed E-state index contributed by atoms with van der Waals surface area (Å²) in [6.07, 6.45) is 3.47. The third kappa shape index (κ3) is 11.0. The van der Waals surface area contributed by atoms with Crippen LogP contribution >= 0.6 is 0 Å². The lowest BCUT2D eigenvalue weighted by Gasteiger charge is -2.54. The van der Waals surface area contributed by atoms with Crippen molar-refractivity contribution in [2.45, 2.75) is 76.0 Å². The molecule has 4 aromatic carbocycles. The summed E-state index contributed by atoms with van der Waals surface area (Å²) in [6.45, 7) is 6.71. The van der Waals surface area contributed by atoms with Crippen LogP contribution in [-0.4, -0.2) is 83.1 Å². The van der Waals surface area contributed by atoms with E-state index in [9.17, 15) is 14.4 Å². The lowest BCUT2D eigenvalue weighted by atomic mass is 9.73. The Morgan fingerprint density at radius 1 is 0.818 bits per heavy atom. The maximum absolute atomic E-state index is 14.7. The molecule has 1 spiro atoms. The van der Waals surface area contributed by atoms with Gasteiger partial charge >= 0.3 is 6.09 Å². The first-order chi connectivity index (χ1) is 26.6. The molecular formula is C45H54N4O6. The Labute approximate surface area is 324 Å². The summed E-state index contributed by atoms with van der Waals surface area (Å²) >= 11 is 0. The molecule has 0 radical (unpaired) electrons. The molecule has 6 rings (SSSR count). The highest BCUT2D eigenvalue weighted by atomic mass is 16.5. The zero-order chi connectivity index (χ0) is 39.1. The number of ether oxygens (including phenoxy) is 1. The molecule has 10 nitrogen and oxygen atoms in total. The number of carboxylic acid groups (broad SMARTS) is 1. The zero-order valence-electron chi connectivity index (χ0n) is 32.0. The number of nitrogens with one attached hydrogen (secondary N) is 2. The number of unbranched alkanes of at least 4 members (excludes halogenated alkanes) is 1. The summed E-state index contributed by atoms with van der Waals surface area (Å²) in [6, 6.07) is 40.1. The van der Waals surface area contributed by atoms with Gasteiger partial charge in [0.25, 0.3) is 5.97 Å². The van der Waals surface area contributed by atoms with Crippen molar-refractivity contribution in [1.82, 2.24) is 20.4 Å². The van der Waals surface area contributed by atoms with Gasteiger partial charge < -0.3 is 30.3 Å². The maximum Gasteiger partial charge on any atom is 0.407 e. The lowest BCUT2D eigenvalue weighted by molar-refractivity contribution is -0.162. The van der Waals surface area contributed by atoms with Crippen LogP contribution < -0.4 is 10.6 Å². The molecule has 2 heterocycles. The number of carbonyl (C=O) groups is 4. The molecule has 2 aliphatic rings. The smallest absolute Gasteiger partial charge is 0.407 e. The highest BCUT2D eigenvalue weighted by molar-refractivity contribution is 6.00. The number of nitrogens with zero attached hydrogens (tertiary/aromatic N) is 2. The number of carbonyl (C=O) groups excluding carboxylic acids is 3. The maximum atomic E-state index is 14.7. The topological polar surface area (TPSA) is 128 Å². The van der Waals surface area contributed by atoms with E-state index >= 15 is 0 Å². The fraction of sp³-hybridized carbons (Fsp3) is 0.378. The molecular weight excluding hydrogens is 693 g/mol. The van der Waals surface area contributed by atoms with Gasteiger partial charge in [0.15, 0.2) is 0 Å². The molecule has 10 heteroatoms. The van der Waals surface area contributed by atoms with Gasteiger partial charge in [-0.25, -0.2) is 4.79 Å². The van der Waals surface area contributed by atoms with Gasteiger partial charge in [-0.2, -0.15) is 0 Å². The van der Waals surface area contributed by atoms with Crippen LogP contribution in [0, 0.1) is 0 Å². The van der Waals surface area contributed by atoms with E-state index in [1.54, 1.807) is 0 Å². The van der Waals surface area contributed by atoms with Gasteiger partial charge in [-0.1, -0.05) is 121 Å². The molecule has 2 saturated heterocycles. The average Bonchev–Trinajstić information content (AvgIpc) is 3.21. The summed E-state index contributed by atoms with van der Waals surface area (Å²) in [5, 5.41) is 13.4.